The molecule has 0 aliphatic rings. The number of rotatable bonds is 14. The van der Waals surface area contributed by atoms with Crippen LogP contribution in [0.2, 0.25) is 0 Å². The van der Waals surface area contributed by atoms with E-state index in [1.807, 2.05) is 0 Å². The highest BCUT2D eigenvalue weighted by Gasteiger charge is 2.30. The van der Waals surface area contributed by atoms with Crippen LogP contribution in [0.1, 0.15) is 38.8 Å². The molecule has 0 aromatic carbocycles. The molecule has 0 saturated carbocycles. The zero-order valence-corrected chi connectivity index (χ0v) is 18.2. The van der Waals surface area contributed by atoms with Crippen molar-refractivity contribution in [2.75, 3.05) is 6.54 Å². The molecule has 3 amide bonds. The van der Waals surface area contributed by atoms with Gasteiger partial charge in [0.05, 0.1) is 18.5 Å². The van der Waals surface area contributed by atoms with E-state index in [4.69, 9.17) is 16.6 Å². The molecule has 0 fully saturated rings. The van der Waals surface area contributed by atoms with Crippen molar-refractivity contribution in [3.63, 3.8) is 0 Å². The molecule has 0 radical (unpaired) electrons. The number of aliphatic carboxylic acids is 1. The summed E-state index contributed by atoms with van der Waals surface area (Å²) in [5, 5.41) is 25.8. The Bertz CT molecular complexity index is 755. The Morgan fingerprint density at radius 3 is 2.31 bits per heavy atom. The lowest BCUT2D eigenvalue weighted by Gasteiger charge is -2.24. The van der Waals surface area contributed by atoms with Crippen LogP contribution in [0.15, 0.2) is 12.5 Å². The number of H-pyrrole nitrogens is 1. The van der Waals surface area contributed by atoms with Crippen molar-refractivity contribution in [3.05, 3.63) is 18.2 Å². The van der Waals surface area contributed by atoms with E-state index in [1.165, 1.54) is 26.4 Å². The Morgan fingerprint density at radius 2 is 1.78 bits per heavy atom. The van der Waals surface area contributed by atoms with Gasteiger partial charge in [0.2, 0.25) is 17.7 Å². The minimum absolute atomic E-state index is 0.192. The van der Waals surface area contributed by atoms with Gasteiger partial charge in [-0.05, 0) is 39.7 Å². The molecular weight excluding hydrogens is 422 g/mol. The zero-order chi connectivity index (χ0) is 24.3. The van der Waals surface area contributed by atoms with Crippen LogP contribution in [0.25, 0.3) is 0 Å². The number of aliphatic hydroxyl groups excluding tert-OH is 1. The number of hydrogen-bond donors (Lipinski definition) is 8. The lowest BCUT2D eigenvalue weighted by Crippen LogP contribution is -2.57. The minimum Gasteiger partial charge on any atom is -0.480 e. The van der Waals surface area contributed by atoms with Crippen molar-refractivity contribution >= 4 is 23.7 Å². The van der Waals surface area contributed by atoms with E-state index in [0.29, 0.717) is 25.1 Å². The molecule has 32 heavy (non-hydrogen) atoms. The molecule has 13 heteroatoms. The number of carboxylic acids is 1. The van der Waals surface area contributed by atoms with Gasteiger partial charge >= 0.3 is 5.97 Å². The monoisotopic (exact) mass is 455 g/mol. The number of carbonyl (C=O) groups is 4. The smallest absolute Gasteiger partial charge is 0.328 e. The van der Waals surface area contributed by atoms with Gasteiger partial charge in [-0.2, -0.15) is 0 Å². The van der Waals surface area contributed by atoms with Crippen LogP contribution in [-0.2, 0) is 25.6 Å². The molecule has 10 N–H and O–H groups in total. The molecule has 5 unspecified atom stereocenters. The maximum atomic E-state index is 12.7. The van der Waals surface area contributed by atoms with Crippen LogP contribution < -0.4 is 27.4 Å². The third kappa shape index (κ3) is 8.99. The molecule has 0 spiro atoms. The van der Waals surface area contributed by atoms with E-state index in [0.717, 1.165) is 0 Å². The van der Waals surface area contributed by atoms with Crippen LogP contribution in [0.4, 0.5) is 0 Å². The first-order valence-electron chi connectivity index (χ1n) is 10.3. The fourth-order valence-electron chi connectivity index (χ4n) is 2.81. The fourth-order valence-corrected chi connectivity index (χ4v) is 2.81. The van der Waals surface area contributed by atoms with Crippen molar-refractivity contribution in [2.45, 2.75) is 69.8 Å². The summed E-state index contributed by atoms with van der Waals surface area (Å²) in [6.07, 6.45) is 3.30. The van der Waals surface area contributed by atoms with Gasteiger partial charge < -0.3 is 42.6 Å². The number of carbonyl (C=O) groups excluding carboxylic acids is 3. The number of aromatic nitrogens is 2. The number of aromatic amines is 1. The Balaban J connectivity index is 2.75. The van der Waals surface area contributed by atoms with Crippen LogP contribution >= 0.6 is 0 Å². The highest BCUT2D eigenvalue weighted by molar-refractivity contribution is 5.94. The van der Waals surface area contributed by atoms with E-state index >= 15 is 0 Å². The average molecular weight is 456 g/mol. The Kier molecular flexibility index (Phi) is 11.3. The van der Waals surface area contributed by atoms with Crippen molar-refractivity contribution in [3.8, 4) is 0 Å². The number of nitrogens with two attached hydrogens (primary N) is 2. The largest absolute Gasteiger partial charge is 0.480 e. The molecule has 0 bridgehead atoms. The molecule has 1 rings (SSSR count). The van der Waals surface area contributed by atoms with Crippen LogP contribution in [0.5, 0.6) is 0 Å². The number of unbranched alkanes of at least 4 members (excludes halogenated alkanes) is 1. The summed E-state index contributed by atoms with van der Waals surface area (Å²) in [5.41, 5.74) is 12.1. The number of hydrogen-bond acceptors (Lipinski definition) is 8. The fraction of sp³-hybridized carbons (Fsp3) is 0.632. The summed E-state index contributed by atoms with van der Waals surface area (Å²) in [4.78, 5) is 55.3. The number of carboxylic acid groups (broad SMARTS) is 1. The molecule has 0 aliphatic carbocycles. The standard InChI is InChI=1S/C19H33N7O6/c1-10(16(28)26-15(11(2)27)19(31)32)24-18(30)14(5-3-4-6-20)25-17(29)13(21)7-12-8-22-9-23-12/h8-11,13-15,27H,3-7,20-21H2,1-2H3,(H,22,23)(H,24,30)(H,25,29)(H,26,28)(H,31,32). The first-order valence-corrected chi connectivity index (χ1v) is 10.3. The topological polar surface area (TPSA) is 226 Å². The second-order valence-corrected chi connectivity index (χ2v) is 7.53. The van der Waals surface area contributed by atoms with Crippen molar-refractivity contribution in [1.29, 1.82) is 0 Å². The quantitative estimate of drug-likeness (QED) is 0.137. The highest BCUT2D eigenvalue weighted by Crippen LogP contribution is 2.04. The predicted molar refractivity (Wildman–Crippen MR) is 114 cm³/mol. The summed E-state index contributed by atoms with van der Waals surface area (Å²) in [6.45, 7) is 2.99. The molecule has 5 atom stereocenters. The Morgan fingerprint density at radius 1 is 1.09 bits per heavy atom. The first-order chi connectivity index (χ1) is 15.1. The number of aliphatic hydroxyl groups is 1. The van der Waals surface area contributed by atoms with Gasteiger partial charge in [0.15, 0.2) is 6.04 Å². The molecule has 13 nitrogen and oxygen atoms in total. The maximum Gasteiger partial charge on any atom is 0.328 e. The van der Waals surface area contributed by atoms with Crippen molar-refractivity contribution in [2.24, 2.45) is 11.5 Å². The minimum atomic E-state index is -1.53. The molecule has 1 aromatic heterocycles. The normalized spacial score (nSPS) is 15.7. The van der Waals surface area contributed by atoms with Gasteiger partial charge in [-0.15, -0.1) is 0 Å². The van der Waals surface area contributed by atoms with E-state index < -0.39 is 54.0 Å². The summed E-state index contributed by atoms with van der Waals surface area (Å²) in [5.74, 6) is -3.39. The lowest BCUT2D eigenvalue weighted by atomic mass is 10.1. The summed E-state index contributed by atoms with van der Waals surface area (Å²) in [6, 6.07) is -4.54. The number of imidazole rings is 1. The van der Waals surface area contributed by atoms with Crippen LogP contribution in [-0.4, -0.2) is 80.7 Å². The van der Waals surface area contributed by atoms with Gasteiger partial charge in [0, 0.05) is 18.3 Å². The number of nitrogens with zero attached hydrogens (tertiary/aromatic N) is 1. The van der Waals surface area contributed by atoms with E-state index in [9.17, 15) is 24.3 Å². The molecular formula is C19H33N7O6. The summed E-state index contributed by atoms with van der Waals surface area (Å²) < 4.78 is 0. The lowest BCUT2D eigenvalue weighted by molar-refractivity contribution is -0.145. The Hall–Kier alpha value is -3.03. The molecule has 180 valence electrons. The highest BCUT2D eigenvalue weighted by atomic mass is 16.4. The second kappa shape index (κ2) is 13.4. The summed E-state index contributed by atoms with van der Waals surface area (Å²) >= 11 is 0. The molecule has 1 aromatic rings. The SMILES string of the molecule is CC(NC(=O)C(CCCCN)NC(=O)C(N)Cc1cnc[nH]1)C(=O)NC(C(=O)O)C(C)O. The zero-order valence-electron chi connectivity index (χ0n) is 18.2. The first kappa shape index (κ1) is 27.0. The predicted octanol–water partition coefficient (Wildman–Crippen LogP) is -2.65. The number of nitrogens with one attached hydrogen (secondary N) is 4. The Labute approximate surface area is 185 Å². The van der Waals surface area contributed by atoms with E-state index in [2.05, 4.69) is 25.9 Å². The average Bonchev–Trinajstić information content (AvgIpc) is 3.23. The third-order valence-corrected chi connectivity index (χ3v) is 4.71. The summed E-state index contributed by atoms with van der Waals surface area (Å²) in [7, 11) is 0. The third-order valence-electron chi connectivity index (χ3n) is 4.71. The second-order valence-electron chi connectivity index (χ2n) is 7.53. The van der Waals surface area contributed by atoms with Gasteiger partial charge in [0.25, 0.3) is 0 Å². The van der Waals surface area contributed by atoms with Crippen LogP contribution in [0.3, 0.4) is 0 Å². The van der Waals surface area contributed by atoms with Gasteiger partial charge in [0.1, 0.15) is 12.1 Å². The molecule has 0 aliphatic heterocycles. The van der Waals surface area contributed by atoms with Crippen molar-refractivity contribution < 1.29 is 29.4 Å². The van der Waals surface area contributed by atoms with Crippen molar-refractivity contribution in [1.82, 2.24) is 25.9 Å². The van der Waals surface area contributed by atoms with Gasteiger partial charge in [-0.25, -0.2) is 9.78 Å². The maximum absolute atomic E-state index is 12.7. The van der Waals surface area contributed by atoms with Gasteiger partial charge in [-0.1, -0.05) is 0 Å². The molecule has 1 heterocycles. The van der Waals surface area contributed by atoms with Gasteiger partial charge in [-0.3, -0.25) is 14.4 Å². The van der Waals surface area contributed by atoms with E-state index in [-0.39, 0.29) is 12.8 Å². The number of amides is 3. The molecule has 0 saturated heterocycles. The van der Waals surface area contributed by atoms with E-state index in [1.54, 1.807) is 0 Å². The van der Waals surface area contributed by atoms with Crippen LogP contribution in [0, 0.1) is 0 Å².